The molecule has 304 valence electrons. The molecule has 0 atom stereocenters. The summed E-state index contributed by atoms with van der Waals surface area (Å²) in [5.74, 6) is 0.721. The molecule has 0 aromatic heterocycles. The smallest absolute Gasteiger partial charge is 0.210 e. The van der Waals surface area contributed by atoms with Crippen LogP contribution in [0.15, 0.2) is 82.8 Å². The number of anilines is 2. The summed E-state index contributed by atoms with van der Waals surface area (Å²) in [7, 11) is -4.81. The SMILES string of the molecule is Cc1ccc(C(=C2C=CC(=[NH+]c3c(C)cc(C)c(C)c3C)C(C3CCCCC3)=C2)c2ccc(Nc3c(C)cc(C)c(C)c3C)c(C3CCCCC3)c2)c(S(=O)(=O)[O-])c1. The molecule has 0 amide bonds. The minimum atomic E-state index is -4.81. The van der Waals surface area contributed by atoms with E-state index in [9.17, 15) is 13.0 Å². The van der Waals surface area contributed by atoms with Crippen LogP contribution in [0.5, 0.6) is 0 Å². The van der Waals surface area contributed by atoms with E-state index in [1.54, 1.807) is 6.07 Å². The zero-order chi connectivity index (χ0) is 41.5. The van der Waals surface area contributed by atoms with Crippen molar-refractivity contribution >= 4 is 38.5 Å². The summed E-state index contributed by atoms with van der Waals surface area (Å²) in [6.07, 6.45) is 18.2. The molecule has 0 saturated heterocycles. The van der Waals surface area contributed by atoms with Crippen molar-refractivity contribution in [2.24, 2.45) is 5.92 Å². The second kappa shape index (κ2) is 17.0. The Balaban J connectivity index is 1.48. The van der Waals surface area contributed by atoms with Gasteiger partial charge >= 0.3 is 0 Å². The summed E-state index contributed by atoms with van der Waals surface area (Å²) in [4.78, 5) is 3.73. The van der Waals surface area contributed by atoms with E-state index in [0.717, 1.165) is 70.7 Å². The van der Waals surface area contributed by atoms with Gasteiger partial charge in [-0.1, -0.05) is 62.8 Å². The summed E-state index contributed by atoms with van der Waals surface area (Å²) in [6.45, 7) is 19.3. The van der Waals surface area contributed by atoms with Crippen molar-refractivity contribution in [2.75, 3.05) is 5.32 Å². The van der Waals surface area contributed by atoms with Crippen LogP contribution in [0, 0.1) is 68.2 Å². The van der Waals surface area contributed by atoms with Crippen LogP contribution >= 0.6 is 0 Å². The van der Waals surface area contributed by atoms with Gasteiger partial charge in [0.1, 0.15) is 10.1 Å². The lowest BCUT2D eigenvalue weighted by Crippen LogP contribution is -2.68. The third-order valence-electron chi connectivity index (χ3n) is 13.7. The Labute approximate surface area is 348 Å². The minimum absolute atomic E-state index is 0.173. The van der Waals surface area contributed by atoms with Gasteiger partial charge in [-0.15, -0.1) is 0 Å². The van der Waals surface area contributed by atoms with Crippen molar-refractivity contribution in [3.8, 4) is 0 Å². The van der Waals surface area contributed by atoms with Crippen LogP contribution in [0.25, 0.3) is 5.57 Å². The average Bonchev–Trinajstić information content (AvgIpc) is 3.21. The molecule has 2 N–H and O–H groups in total. The predicted octanol–water partition coefficient (Wildman–Crippen LogP) is 11.9. The molecule has 0 unspecified atom stereocenters. The average molecular weight is 795 g/mol. The fourth-order valence-corrected chi connectivity index (χ4v) is 10.7. The van der Waals surface area contributed by atoms with Crippen LogP contribution in [-0.4, -0.2) is 18.7 Å². The molecular weight excluding hydrogens is 733 g/mol. The first-order valence-electron chi connectivity index (χ1n) is 21.5. The fourth-order valence-electron chi connectivity index (χ4n) is 9.91. The lowest BCUT2D eigenvalue weighted by molar-refractivity contribution is -0.353. The van der Waals surface area contributed by atoms with Crippen molar-refractivity contribution < 1.29 is 18.0 Å². The maximum atomic E-state index is 13.2. The van der Waals surface area contributed by atoms with E-state index >= 15 is 0 Å². The lowest BCUT2D eigenvalue weighted by Gasteiger charge is -2.28. The summed E-state index contributed by atoms with van der Waals surface area (Å²) < 4.78 is 39.5. The molecule has 0 aliphatic heterocycles. The van der Waals surface area contributed by atoms with E-state index in [1.807, 2.05) is 19.1 Å². The first kappa shape index (κ1) is 41.6. The Morgan fingerprint density at radius 3 is 1.93 bits per heavy atom. The van der Waals surface area contributed by atoms with Crippen molar-refractivity contribution in [3.63, 3.8) is 0 Å². The van der Waals surface area contributed by atoms with Gasteiger partial charge in [-0.25, -0.2) is 13.4 Å². The normalized spacial score (nSPS) is 18.4. The highest BCUT2D eigenvalue weighted by atomic mass is 32.2. The highest BCUT2D eigenvalue weighted by molar-refractivity contribution is 7.85. The number of nitrogens with one attached hydrogen (secondary N) is 2. The third-order valence-corrected chi connectivity index (χ3v) is 14.6. The molecule has 2 saturated carbocycles. The van der Waals surface area contributed by atoms with E-state index < -0.39 is 10.1 Å². The monoisotopic (exact) mass is 794 g/mol. The molecule has 0 bridgehead atoms. The van der Waals surface area contributed by atoms with Crippen molar-refractivity contribution in [2.45, 2.75) is 137 Å². The largest absolute Gasteiger partial charge is 0.744 e. The number of rotatable bonds is 8. The quantitative estimate of drug-likeness (QED) is 0.174. The van der Waals surface area contributed by atoms with Gasteiger partial charge < -0.3 is 9.87 Å². The maximum absolute atomic E-state index is 13.2. The maximum Gasteiger partial charge on any atom is 0.210 e. The fraction of sp³-hybridized carbons (Fsp3) is 0.404. The van der Waals surface area contributed by atoms with E-state index in [1.165, 1.54) is 94.2 Å². The Bertz CT molecular complexity index is 2500. The minimum Gasteiger partial charge on any atom is -0.744 e. The zero-order valence-corrected chi connectivity index (χ0v) is 37.0. The van der Waals surface area contributed by atoms with E-state index in [0.29, 0.717) is 17.4 Å². The highest BCUT2D eigenvalue weighted by Gasteiger charge is 2.30. The molecular formula is C52H62N2O3S. The van der Waals surface area contributed by atoms with Crippen LogP contribution in [0.1, 0.15) is 137 Å². The Morgan fingerprint density at radius 2 is 1.28 bits per heavy atom. The molecule has 0 heterocycles. The first-order valence-corrected chi connectivity index (χ1v) is 22.9. The van der Waals surface area contributed by atoms with Gasteiger partial charge in [-0.2, -0.15) is 0 Å². The first-order chi connectivity index (χ1) is 27.6. The van der Waals surface area contributed by atoms with Gasteiger partial charge in [0.05, 0.1) is 4.90 Å². The Kier molecular flexibility index (Phi) is 12.2. The van der Waals surface area contributed by atoms with E-state index in [4.69, 9.17) is 0 Å². The summed E-state index contributed by atoms with van der Waals surface area (Å²) in [6, 6.07) is 16.5. The predicted molar refractivity (Wildman–Crippen MR) is 241 cm³/mol. The number of hydrogen-bond acceptors (Lipinski definition) is 4. The lowest BCUT2D eigenvalue weighted by atomic mass is 9.78. The second-order valence-corrected chi connectivity index (χ2v) is 19.0. The van der Waals surface area contributed by atoms with E-state index in [-0.39, 0.29) is 4.90 Å². The highest BCUT2D eigenvalue weighted by Crippen LogP contribution is 2.43. The molecule has 4 aromatic carbocycles. The molecule has 6 heteroatoms. The molecule has 5 nitrogen and oxygen atoms in total. The van der Waals surface area contributed by atoms with Gasteiger partial charge in [0, 0.05) is 39.7 Å². The van der Waals surface area contributed by atoms with Crippen LogP contribution in [0.4, 0.5) is 17.1 Å². The third kappa shape index (κ3) is 8.47. The number of aryl methyl sites for hydroxylation is 5. The standard InChI is InChI=1S/C52H62N2O3S/c1-31-20-23-44(49(26-31)58(55,56)57)50(42-21-24-47(45(29-42)40-16-12-10-13-17-40)53-51-34(4)27-32(2)36(6)38(51)8)43-22-25-48(46(30-43)41-18-14-11-15-19-41)54-52-35(5)28-33(3)37(7)39(52)9/h20-30,40-41,53H,10-19H2,1-9H3,(H,55,56,57). The Hall–Kier alpha value is -4.52. The van der Waals surface area contributed by atoms with Gasteiger partial charge in [-0.05, 0) is 197 Å². The summed E-state index contributed by atoms with van der Waals surface area (Å²) >= 11 is 0. The van der Waals surface area contributed by atoms with Crippen molar-refractivity contribution in [3.05, 3.63) is 145 Å². The van der Waals surface area contributed by atoms with Gasteiger partial charge in [0.15, 0.2) is 0 Å². The van der Waals surface area contributed by atoms with E-state index in [2.05, 4.69) is 114 Å². The van der Waals surface area contributed by atoms with Gasteiger partial charge in [0.2, 0.25) is 11.4 Å². The molecule has 0 radical (unpaired) electrons. The number of allylic oxidation sites excluding steroid dienone is 5. The summed E-state index contributed by atoms with van der Waals surface area (Å²) in [5.41, 5.74) is 20.9. The molecule has 3 aliphatic carbocycles. The van der Waals surface area contributed by atoms with Crippen LogP contribution in [0.2, 0.25) is 0 Å². The van der Waals surface area contributed by atoms with Crippen LogP contribution < -0.4 is 10.3 Å². The van der Waals surface area contributed by atoms with Crippen LogP contribution in [-0.2, 0) is 10.1 Å². The van der Waals surface area contributed by atoms with Gasteiger partial charge in [0.25, 0.3) is 0 Å². The second-order valence-electron chi connectivity index (χ2n) is 17.6. The Morgan fingerprint density at radius 1 is 0.655 bits per heavy atom. The molecule has 7 rings (SSSR count). The van der Waals surface area contributed by atoms with Crippen molar-refractivity contribution in [1.82, 2.24) is 0 Å². The molecule has 3 aliphatic rings. The molecule has 2 fully saturated rings. The van der Waals surface area contributed by atoms with Gasteiger partial charge in [-0.3, -0.25) is 0 Å². The molecule has 0 spiro atoms. The molecule has 4 aromatic rings. The summed E-state index contributed by atoms with van der Waals surface area (Å²) in [5, 5.41) is 3.90. The van der Waals surface area contributed by atoms with Crippen molar-refractivity contribution in [1.29, 1.82) is 0 Å². The zero-order valence-electron chi connectivity index (χ0n) is 36.2. The topological polar surface area (TPSA) is 83.2 Å². The number of benzene rings is 4. The molecule has 58 heavy (non-hydrogen) atoms. The number of hydrogen-bond donors (Lipinski definition) is 2. The van der Waals surface area contributed by atoms with Crippen LogP contribution in [0.3, 0.4) is 0 Å².